The minimum absolute atomic E-state index is 0.100. The van der Waals surface area contributed by atoms with Crippen molar-refractivity contribution in [3.63, 3.8) is 0 Å². The lowest BCUT2D eigenvalue weighted by molar-refractivity contribution is -0.233. The summed E-state index contributed by atoms with van der Waals surface area (Å²) in [5.74, 6) is 0. The Kier molecular flexibility index (Phi) is 5.41. The molecule has 9 heteroatoms. The fourth-order valence-corrected chi connectivity index (χ4v) is 2.45. The van der Waals surface area contributed by atoms with Crippen molar-refractivity contribution < 1.29 is 22.7 Å². The number of alkyl halides is 3. The van der Waals surface area contributed by atoms with Gasteiger partial charge in [0, 0.05) is 23.1 Å². The van der Waals surface area contributed by atoms with Gasteiger partial charge in [-0.05, 0) is 17.7 Å². The molecule has 1 fully saturated rings. The zero-order valence-electron chi connectivity index (χ0n) is 11.3. The van der Waals surface area contributed by atoms with Crippen LogP contribution in [-0.4, -0.2) is 42.9 Å². The van der Waals surface area contributed by atoms with Crippen molar-refractivity contribution in [2.24, 2.45) is 0 Å². The fourth-order valence-electron chi connectivity index (χ4n) is 1.98. The summed E-state index contributed by atoms with van der Waals surface area (Å²) in [6.45, 7) is -0.474. The van der Waals surface area contributed by atoms with Crippen molar-refractivity contribution in [1.29, 1.82) is 0 Å². The number of urea groups is 1. The number of carbonyl (C=O) groups excluding carboxylic acids is 1. The summed E-state index contributed by atoms with van der Waals surface area (Å²) in [5.41, 5.74) is 0.625. The number of amides is 2. The molecule has 1 aliphatic rings. The molecule has 1 aromatic rings. The zero-order chi connectivity index (χ0) is 16.3. The Morgan fingerprint density at radius 1 is 1.41 bits per heavy atom. The molecule has 0 aliphatic carbocycles. The number of nitrogens with one attached hydrogen (secondary N) is 1. The molecule has 4 nitrogen and oxygen atoms in total. The highest BCUT2D eigenvalue weighted by atomic mass is 35.5. The molecule has 1 aromatic carbocycles. The number of ether oxygens (including phenoxy) is 1. The van der Waals surface area contributed by atoms with E-state index in [1.165, 1.54) is 6.07 Å². The molecule has 0 unspecified atom stereocenters. The quantitative estimate of drug-likeness (QED) is 0.881. The van der Waals surface area contributed by atoms with E-state index in [0.29, 0.717) is 15.6 Å². The maximum Gasteiger partial charge on any atom is 0.416 e. The summed E-state index contributed by atoms with van der Waals surface area (Å²) in [6, 6.07) is 4.19. The molecule has 1 heterocycles. The van der Waals surface area contributed by atoms with Gasteiger partial charge in [0.15, 0.2) is 6.10 Å². The Morgan fingerprint density at radius 2 is 2.14 bits per heavy atom. The van der Waals surface area contributed by atoms with E-state index in [-0.39, 0.29) is 19.7 Å². The van der Waals surface area contributed by atoms with Crippen LogP contribution < -0.4 is 5.32 Å². The maximum absolute atomic E-state index is 12.6. The summed E-state index contributed by atoms with van der Waals surface area (Å²) < 4.78 is 42.5. The van der Waals surface area contributed by atoms with Crippen LogP contribution in [-0.2, 0) is 11.3 Å². The van der Waals surface area contributed by atoms with Crippen LogP contribution in [0.25, 0.3) is 0 Å². The van der Waals surface area contributed by atoms with E-state index in [1.807, 2.05) is 0 Å². The van der Waals surface area contributed by atoms with Crippen LogP contribution in [0.4, 0.5) is 18.0 Å². The molecule has 1 atom stereocenters. The van der Waals surface area contributed by atoms with E-state index in [0.717, 1.165) is 4.90 Å². The highest BCUT2D eigenvalue weighted by molar-refractivity contribution is 6.35. The lowest BCUT2D eigenvalue weighted by Crippen LogP contribution is -2.53. The maximum atomic E-state index is 12.6. The van der Waals surface area contributed by atoms with Crippen LogP contribution in [0.5, 0.6) is 0 Å². The number of halogens is 5. The van der Waals surface area contributed by atoms with Crippen molar-refractivity contribution in [1.82, 2.24) is 10.2 Å². The van der Waals surface area contributed by atoms with Gasteiger partial charge in [-0.15, -0.1) is 0 Å². The largest absolute Gasteiger partial charge is 0.416 e. The van der Waals surface area contributed by atoms with Gasteiger partial charge < -0.3 is 15.0 Å². The summed E-state index contributed by atoms with van der Waals surface area (Å²) in [6.07, 6.45) is -6.44. The Morgan fingerprint density at radius 3 is 2.77 bits per heavy atom. The van der Waals surface area contributed by atoms with E-state index in [2.05, 4.69) is 10.1 Å². The van der Waals surface area contributed by atoms with Gasteiger partial charge in [-0.1, -0.05) is 29.3 Å². The van der Waals surface area contributed by atoms with Gasteiger partial charge >= 0.3 is 12.2 Å². The molecule has 0 spiro atoms. The van der Waals surface area contributed by atoms with Crippen molar-refractivity contribution in [2.75, 3.05) is 19.7 Å². The highest BCUT2D eigenvalue weighted by Crippen LogP contribution is 2.26. The van der Waals surface area contributed by atoms with Gasteiger partial charge in [0.25, 0.3) is 0 Å². The van der Waals surface area contributed by atoms with Gasteiger partial charge in [0.2, 0.25) is 0 Å². The number of carbonyl (C=O) groups is 1. The Balaban J connectivity index is 1.92. The summed E-state index contributed by atoms with van der Waals surface area (Å²) in [5, 5.41) is 3.37. The molecule has 0 radical (unpaired) electrons. The molecular weight excluding hydrogens is 344 g/mol. The summed E-state index contributed by atoms with van der Waals surface area (Å²) in [7, 11) is 0. The lowest BCUT2D eigenvalue weighted by Gasteiger charge is -2.33. The standard InChI is InChI=1S/C13H13Cl2F3N2O2/c14-9-2-1-8(10(15)5-9)6-19-12(21)20-3-4-22-11(7-20)13(16,17)18/h1-2,5,11H,3-4,6-7H2,(H,19,21)/t11-/m1/s1. The van der Waals surface area contributed by atoms with Crippen molar-refractivity contribution in [3.05, 3.63) is 33.8 Å². The normalized spacial score (nSPS) is 19.1. The molecule has 1 N–H and O–H groups in total. The van der Waals surface area contributed by atoms with E-state index < -0.39 is 24.9 Å². The van der Waals surface area contributed by atoms with Crippen LogP contribution >= 0.6 is 23.2 Å². The second-order valence-corrected chi connectivity index (χ2v) is 5.59. The van der Waals surface area contributed by atoms with Crippen molar-refractivity contribution >= 4 is 29.2 Å². The third kappa shape index (κ3) is 4.41. The van der Waals surface area contributed by atoms with Gasteiger partial charge in [0.1, 0.15) is 0 Å². The first-order chi connectivity index (χ1) is 10.3. The molecule has 22 heavy (non-hydrogen) atoms. The second kappa shape index (κ2) is 6.93. The second-order valence-electron chi connectivity index (χ2n) is 4.74. The number of rotatable bonds is 2. The Hall–Kier alpha value is -1.18. The minimum Gasteiger partial charge on any atom is -0.365 e. The third-order valence-corrected chi connectivity index (χ3v) is 3.75. The third-order valence-electron chi connectivity index (χ3n) is 3.16. The SMILES string of the molecule is O=C(NCc1ccc(Cl)cc1Cl)N1CCO[C@@H](C(F)(F)F)C1. The molecule has 0 bridgehead atoms. The first-order valence-electron chi connectivity index (χ1n) is 6.42. The predicted molar refractivity (Wildman–Crippen MR) is 76.1 cm³/mol. The monoisotopic (exact) mass is 356 g/mol. The average molecular weight is 357 g/mol. The summed E-state index contributed by atoms with van der Waals surface area (Å²) in [4.78, 5) is 13.0. The van der Waals surface area contributed by atoms with E-state index in [4.69, 9.17) is 23.2 Å². The highest BCUT2D eigenvalue weighted by Gasteiger charge is 2.44. The molecule has 2 amide bonds. The van der Waals surface area contributed by atoms with Gasteiger partial charge in [-0.25, -0.2) is 4.79 Å². The molecule has 1 saturated heterocycles. The van der Waals surface area contributed by atoms with Gasteiger partial charge in [-0.2, -0.15) is 13.2 Å². The first-order valence-corrected chi connectivity index (χ1v) is 7.18. The molecule has 0 saturated carbocycles. The molecule has 2 rings (SSSR count). The molecular formula is C13H13Cl2F3N2O2. The minimum atomic E-state index is -4.49. The molecule has 1 aliphatic heterocycles. The van der Waals surface area contributed by atoms with E-state index in [1.54, 1.807) is 12.1 Å². The Bertz CT molecular complexity index is 555. The molecule has 122 valence electrons. The van der Waals surface area contributed by atoms with Crippen LogP contribution in [0, 0.1) is 0 Å². The van der Waals surface area contributed by atoms with Gasteiger partial charge in [-0.3, -0.25) is 0 Å². The first kappa shape index (κ1) is 17.2. The van der Waals surface area contributed by atoms with Crippen LogP contribution in [0.1, 0.15) is 5.56 Å². The summed E-state index contributed by atoms with van der Waals surface area (Å²) >= 11 is 11.7. The zero-order valence-corrected chi connectivity index (χ0v) is 12.8. The number of nitrogens with zero attached hydrogens (tertiary/aromatic N) is 1. The lowest BCUT2D eigenvalue weighted by atomic mass is 10.2. The topological polar surface area (TPSA) is 41.6 Å². The number of benzene rings is 1. The van der Waals surface area contributed by atoms with Crippen LogP contribution in [0.3, 0.4) is 0 Å². The van der Waals surface area contributed by atoms with Crippen molar-refractivity contribution in [3.8, 4) is 0 Å². The van der Waals surface area contributed by atoms with E-state index >= 15 is 0 Å². The average Bonchev–Trinajstić information content (AvgIpc) is 2.45. The van der Waals surface area contributed by atoms with E-state index in [9.17, 15) is 18.0 Å². The number of hydrogen-bond acceptors (Lipinski definition) is 2. The smallest absolute Gasteiger partial charge is 0.365 e. The molecule has 0 aromatic heterocycles. The fraction of sp³-hybridized carbons (Fsp3) is 0.462. The predicted octanol–water partition coefficient (Wildman–Crippen LogP) is 3.47. The van der Waals surface area contributed by atoms with Crippen LogP contribution in [0.15, 0.2) is 18.2 Å². The van der Waals surface area contributed by atoms with Crippen LogP contribution in [0.2, 0.25) is 10.0 Å². The van der Waals surface area contributed by atoms with Gasteiger partial charge in [0.05, 0.1) is 13.2 Å². The number of morpholine rings is 1. The Labute approximate surface area is 135 Å². The van der Waals surface area contributed by atoms with Crippen molar-refractivity contribution in [2.45, 2.75) is 18.8 Å². The number of hydrogen-bond donors (Lipinski definition) is 1.